The summed E-state index contributed by atoms with van der Waals surface area (Å²) in [6.07, 6.45) is 0.783. The zero-order valence-corrected chi connectivity index (χ0v) is 12.1. The van der Waals surface area contributed by atoms with Gasteiger partial charge in [-0.3, -0.25) is 4.79 Å². The number of carbonyl (C=O) groups is 1. The van der Waals surface area contributed by atoms with E-state index in [1.54, 1.807) is 13.2 Å². The molecule has 0 amide bonds. The molecule has 0 fully saturated rings. The van der Waals surface area contributed by atoms with Gasteiger partial charge in [-0.2, -0.15) is 0 Å². The fourth-order valence-corrected chi connectivity index (χ4v) is 2.67. The van der Waals surface area contributed by atoms with Gasteiger partial charge in [0.1, 0.15) is 5.82 Å². The third-order valence-corrected chi connectivity index (χ3v) is 3.88. The van der Waals surface area contributed by atoms with Gasteiger partial charge in [0.25, 0.3) is 0 Å². The van der Waals surface area contributed by atoms with E-state index in [4.69, 9.17) is 4.74 Å². The molecule has 0 spiro atoms. The highest BCUT2D eigenvalue weighted by Gasteiger charge is 2.13. The number of hydrogen-bond acceptors (Lipinski definition) is 5. The number of anilines is 1. The SMILES string of the molecule is COCc1nc(N(C)Cc2cccc(F)c2)sc1C=O. The second kappa shape index (κ2) is 6.58. The molecule has 0 atom stereocenters. The highest BCUT2D eigenvalue weighted by molar-refractivity contribution is 7.17. The third-order valence-electron chi connectivity index (χ3n) is 2.74. The fraction of sp³-hybridized carbons (Fsp3) is 0.286. The van der Waals surface area contributed by atoms with E-state index >= 15 is 0 Å². The van der Waals surface area contributed by atoms with Crippen molar-refractivity contribution >= 4 is 22.8 Å². The van der Waals surface area contributed by atoms with Crippen LogP contribution in [-0.2, 0) is 17.9 Å². The largest absolute Gasteiger partial charge is 0.378 e. The van der Waals surface area contributed by atoms with Crippen LogP contribution in [0.1, 0.15) is 20.9 Å². The molecule has 0 saturated heterocycles. The number of halogens is 1. The van der Waals surface area contributed by atoms with Gasteiger partial charge in [-0.15, -0.1) is 0 Å². The van der Waals surface area contributed by atoms with Gasteiger partial charge in [-0.1, -0.05) is 23.5 Å². The van der Waals surface area contributed by atoms with Crippen LogP contribution in [0.3, 0.4) is 0 Å². The van der Waals surface area contributed by atoms with Gasteiger partial charge < -0.3 is 9.64 Å². The van der Waals surface area contributed by atoms with E-state index < -0.39 is 0 Å². The molecule has 20 heavy (non-hydrogen) atoms. The number of aldehydes is 1. The van der Waals surface area contributed by atoms with Gasteiger partial charge in [0.15, 0.2) is 11.4 Å². The van der Waals surface area contributed by atoms with Crippen molar-refractivity contribution in [2.24, 2.45) is 0 Å². The normalized spacial score (nSPS) is 10.6. The minimum atomic E-state index is -0.260. The number of thiazole rings is 1. The Hall–Kier alpha value is -1.79. The summed E-state index contributed by atoms with van der Waals surface area (Å²) in [5.74, 6) is -0.260. The molecule has 0 aliphatic rings. The lowest BCUT2D eigenvalue weighted by atomic mass is 10.2. The van der Waals surface area contributed by atoms with E-state index in [-0.39, 0.29) is 5.82 Å². The maximum Gasteiger partial charge on any atom is 0.186 e. The zero-order valence-electron chi connectivity index (χ0n) is 11.3. The molecule has 1 aromatic heterocycles. The summed E-state index contributed by atoms with van der Waals surface area (Å²) in [6, 6.07) is 6.42. The summed E-state index contributed by atoms with van der Waals surface area (Å²) in [7, 11) is 3.42. The van der Waals surface area contributed by atoms with Crippen LogP contribution in [0, 0.1) is 5.82 Å². The second-order valence-electron chi connectivity index (χ2n) is 4.34. The summed E-state index contributed by atoms with van der Waals surface area (Å²) in [5.41, 5.74) is 1.48. The monoisotopic (exact) mass is 294 g/mol. The van der Waals surface area contributed by atoms with Crippen LogP contribution in [0.2, 0.25) is 0 Å². The number of ether oxygens (including phenoxy) is 1. The molecule has 0 bridgehead atoms. The van der Waals surface area contributed by atoms with E-state index in [2.05, 4.69) is 4.98 Å². The predicted octanol–water partition coefficient (Wildman–Crippen LogP) is 2.88. The average molecular weight is 294 g/mol. The fourth-order valence-electron chi connectivity index (χ4n) is 1.82. The molecule has 0 aliphatic heterocycles. The van der Waals surface area contributed by atoms with Crippen LogP contribution in [0.5, 0.6) is 0 Å². The standard InChI is InChI=1S/C14H15FN2O2S/c1-17(7-10-4-3-5-11(15)6-10)14-16-12(9-19-2)13(8-18)20-14/h3-6,8H,7,9H2,1-2H3. The van der Waals surface area contributed by atoms with E-state index in [1.165, 1.54) is 23.5 Å². The quantitative estimate of drug-likeness (QED) is 0.768. The predicted molar refractivity (Wildman–Crippen MR) is 76.7 cm³/mol. The Morgan fingerprint density at radius 3 is 2.95 bits per heavy atom. The molecule has 1 aromatic carbocycles. The van der Waals surface area contributed by atoms with Crippen molar-refractivity contribution in [2.75, 3.05) is 19.1 Å². The summed E-state index contributed by atoms with van der Waals surface area (Å²) in [5, 5.41) is 0.711. The molecular formula is C14H15FN2O2S. The summed E-state index contributed by atoms with van der Waals surface area (Å²) in [4.78, 5) is 17.8. The van der Waals surface area contributed by atoms with Gasteiger partial charge in [-0.25, -0.2) is 9.37 Å². The smallest absolute Gasteiger partial charge is 0.186 e. The number of carbonyl (C=O) groups excluding carboxylic acids is 1. The maximum absolute atomic E-state index is 13.1. The van der Waals surface area contributed by atoms with Gasteiger partial charge in [-0.05, 0) is 17.7 Å². The first-order valence-corrected chi connectivity index (χ1v) is 6.85. The van der Waals surface area contributed by atoms with E-state index in [9.17, 15) is 9.18 Å². The number of methoxy groups -OCH3 is 1. The number of benzene rings is 1. The first-order chi connectivity index (χ1) is 9.63. The topological polar surface area (TPSA) is 42.4 Å². The molecule has 0 aliphatic carbocycles. The Morgan fingerprint density at radius 2 is 2.30 bits per heavy atom. The highest BCUT2D eigenvalue weighted by atomic mass is 32.1. The lowest BCUT2D eigenvalue weighted by molar-refractivity contribution is 0.112. The Kier molecular flexibility index (Phi) is 4.81. The molecule has 4 nitrogen and oxygen atoms in total. The van der Waals surface area contributed by atoms with E-state index in [0.717, 1.165) is 11.8 Å². The van der Waals surface area contributed by atoms with Crippen LogP contribution in [0.15, 0.2) is 24.3 Å². The molecule has 2 rings (SSSR count). The van der Waals surface area contributed by atoms with Gasteiger partial charge >= 0.3 is 0 Å². The van der Waals surface area contributed by atoms with Crippen molar-refractivity contribution in [1.29, 1.82) is 0 Å². The van der Waals surface area contributed by atoms with Crippen molar-refractivity contribution in [1.82, 2.24) is 4.98 Å². The van der Waals surface area contributed by atoms with Crippen molar-refractivity contribution in [3.05, 3.63) is 46.2 Å². The Balaban J connectivity index is 2.16. The second-order valence-corrected chi connectivity index (χ2v) is 5.35. The summed E-state index contributed by atoms with van der Waals surface area (Å²) < 4.78 is 18.2. The Labute approximate surface area is 120 Å². The minimum absolute atomic E-state index is 0.260. The van der Waals surface area contributed by atoms with Crippen molar-refractivity contribution in [3.8, 4) is 0 Å². The highest BCUT2D eigenvalue weighted by Crippen LogP contribution is 2.26. The van der Waals surface area contributed by atoms with Crippen LogP contribution in [0.25, 0.3) is 0 Å². The summed E-state index contributed by atoms with van der Waals surface area (Å²) in [6.45, 7) is 0.828. The van der Waals surface area contributed by atoms with Crippen LogP contribution < -0.4 is 4.90 Å². The Morgan fingerprint density at radius 1 is 1.50 bits per heavy atom. The van der Waals surface area contributed by atoms with Crippen molar-refractivity contribution in [3.63, 3.8) is 0 Å². The molecule has 0 radical (unpaired) electrons. The maximum atomic E-state index is 13.1. The molecule has 0 N–H and O–H groups in total. The number of hydrogen-bond donors (Lipinski definition) is 0. The molecule has 0 unspecified atom stereocenters. The van der Waals surface area contributed by atoms with Crippen molar-refractivity contribution < 1.29 is 13.9 Å². The number of rotatable bonds is 6. The third kappa shape index (κ3) is 3.40. The first kappa shape index (κ1) is 14.6. The molecule has 106 valence electrons. The molecule has 2 aromatic rings. The lowest BCUT2D eigenvalue weighted by Gasteiger charge is -2.15. The van der Waals surface area contributed by atoms with Crippen molar-refractivity contribution in [2.45, 2.75) is 13.2 Å². The Bertz CT molecular complexity index is 601. The summed E-state index contributed by atoms with van der Waals surface area (Å²) >= 11 is 1.30. The molecule has 6 heteroatoms. The van der Waals surface area contributed by atoms with Crippen LogP contribution in [0.4, 0.5) is 9.52 Å². The van der Waals surface area contributed by atoms with Gasteiger partial charge in [0, 0.05) is 20.7 Å². The molecular weight excluding hydrogens is 279 g/mol. The number of aromatic nitrogens is 1. The van der Waals surface area contributed by atoms with E-state index in [0.29, 0.717) is 28.9 Å². The molecule has 0 saturated carbocycles. The van der Waals surface area contributed by atoms with Crippen LogP contribution >= 0.6 is 11.3 Å². The van der Waals surface area contributed by atoms with Gasteiger partial charge in [0.2, 0.25) is 0 Å². The average Bonchev–Trinajstić information content (AvgIpc) is 2.82. The minimum Gasteiger partial charge on any atom is -0.378 e. The van der Waals surface area contributed by atoms with E-state index in [1.807, 2.05) is 18.0 Å². The first-order valence-electron chi connectivity index (χ1n) is 6.03. The zero-order chi connectivity index (χ0) is 14.5. The van der Waals surface area contributed by atoms with Crippen LogP contribution in [-0.4, -0.2) is 25.4 Å². The van der Waals surface area contributed by atoms with Gasteiger partial charge in [0.05, 0.1) is 17.2 Å². The lowest BCUT2D eigenvalue weighted by Crippen LogP contribution is -2.16. The molecule has 1 heterocycles. The number of nitrogens with zero attached hydrogens (tertiary/aromatic N) is 2.